The van der Waals surface area contributed by atoms with Gasteiger partial charge >= 0.3 is 0 Å². The Hall–Kier alpha value is -2.24. The van der Waals surface area contributed by atoms with Crippen LogP contribution in [0, 0.1) is 5.41 Å². The lowest BCUT2D eigenvalue weighted by Crippen LogP contribution is -2.43. The van der Waals surface area contributed by atoms with Gasteiger partial charge in [0.2, 0.25) is 5.91 Å². The summed E-state index contributed by atoms with van der Waals surface area (Å²) in [5, 5.41) is 5.31. The van der Waals surface area contributed by atoms with Crippen molar-refractivity contribution in [2.24, 2.45) is 5.41 Å². The lowest BCUT2D eigenvalue weighted by Gasteiger charge is -2.23. The van der Waals surface area contributed by atoms with E-state index in [1.54, 1.807) is 39.1 Å². The van der Waals surface area contributed by atoms with Gasteiger partial charge in [-0.15, -0.1) is 0 Å². The van der Waals surface area contributed by atoms with Gasteiger partial charge in [-0.2, -0.15) is 0 Å². The van der Waals surface area contributed by atoms with Crippen molar-refractivity contribution in [2.75, 3.05) is 25.9 Å². The van der Waals surface area contributed by atoms with Crippen LogP contribution in [0.4, 0.5) is 5.69 Å². The summed E-state index contributed by atoms with van der Waals surface area (Å²) in [7, 11) is 1.56. The maximum Gasteiger partial charge on any atom is 0.257 e. The third-order valence-corrected chi connectivity index (χ3v) is 3.12. The van der Waals surface area contributed by atoms with Crippen molar-refractivity contribution >= 4 is 17.5 Å². The molecule has 0 aliphatic carbocycles. The van der Waals surface area contributed by atoms with E-state index in [9.17, 15) is 9.59 Å². The SMILES string of the molecule is CCOc1cccc(N)c1C(=O)NCC(C)(C)C(=O)NC. The van der Waals surface area contributed by atoms with Gasteiger partial charge in [-0.05, 0) is 32.9 Å². The fourth-order valence-electron chi connectivity index (χ4n) is 1.88. The van der Waals surface area contributed by atoms with Crippen LogP contribution in [0.2, 0.25) is 0 Å². The molecule has 1 rings (SSSR count). The highest BCUT2D eigenvalue weighted by molar-refractivity contribution is 6.02. The summed E-state index contributed by atoms with van der Waals surface area (Å²) in [5.74, 6) is -0.0601. The summed E-state index contributed by atoms with van der Waals surface area (Å²) < 4.78 is 5.42. The Balaban J connectivity index is 2.88. The van der Waals surface area contributed by atoms with Gasteiger partial charge < -0.3 is 21.1 Å². The van der Waals surface area contributed by atoms with Crippen molar-refractivity contribution in [2.45, 2.75) is 20.8 Å². The van der Waals surface area contributed by atoms with Crippen molar-refractivity contribution < 1.29 is 14.3 Å². The van der Waals surface area contributed by atoms with E-state index in [0.717, 1.165) is 0 Å². The monoisotopic (exact) mass is 293 g/mol. The summed E-state index contributed by atoms with van der Waals surface area (Å²) in [4.78, 5) is 24.0. The van der Waals surface area contributed by atoms with Gasteiger partial charge in [0, 0.05) is 19.3 Å². The molecule has 1 aromatic rings. The first-order valence-electron chi connectivity index (χ1n) is 6.85. The highest BCUT2D eigenvalue weighted by Crippen LogP contribution is 2.24. The number of ether oxygens (including phenoxy) is 1. The third kappa shape index (κ3) is 4.11. The zero-order valence-corrected chi connectivity index (χ0v) is 12.9. The van der Waals surface area contributed by atoms with Crippen LogP contribution in [0.1, 0.15) is 31.1 Å². The Morgan fingerprint density at radius 2 is 2.00 bits per heavy atom. The van der Waals surface area contributed by atoms with Crippen LogP contribution in [-0.2, 0) is 4.79 Å². The predicted molar refractivity (Wildman–Crippen MR) is 82.2 cm³/mol. The normalized spacial score (nSPS) is 10.9. The number of rotatable bonds is 6. The summed E-state index contributed by atoms with van der Waals surface area (Å²) in [6, 6.07) is 5.06. The van der Waals surface area contributed by atoms with E-state index in [1.807, 2.05) is 6.92 Å². The van der Waals surface area contributed by atoms with Crippen molar-refractivity contribution in [3.05, 3.63) is 23.8 Å². The number of nitrogens with two attached hydrogens (primary N) is 1. The van der Waals surface area contributed by atoms with E-state index in [0.29, 0.717) is 23.6 Å². The second kappa shape index (κ2) is 6.97. The van der Waals surface area contributed by atoms with E-state index < -0.39 is 5.41 Å². The van der Waals surface area contributed by atoms with Crippen LogP contribution in [0.25, 0.3) is 0 Å². The van der Waals surface area contributed by atoms with Crippen LogP contribution in [-0.4, -0.2) is 32.0 Å². The van der Waals surface area contributed by atoms with Crippen LogP contribution in [0.5, 0.6) is 5.75 Å². The van der Waals surface area contributed by atoms with Crippen molar-refractivity contribution in [3.8, 4) is 5.75 Å². The molecule has 0 aliphatic heterocycles. The van der Waals surface area contributed by atoms with Gasteiger partial charge in [0.05, 0.1) is 12.0 Å². The third-order valence-electron chi connectivity index (χ3n) is 3.12. The summed E-state index contributed by atoms with van der Waals surface area (Å²) in [6.07, 6.45) is 0. The maximum atomic E-state index is 12.3. The van der Waals surface area contributed by atoms with Gasteiger partial charge in [-0.25, -0.2) is 0 Å². The Bertz CT molecular complexity index is 527. The molecule has 0 unspecified atom stereocenters. The minimum atomic E-state index is -0.709. The summed E-state index contributed by atoms with van der Waals surface area (Å²) in [5.41, 5.74) is 5.79. The molecular formula is C15H23N3O3. The van der Waals surface area contributed by atoms with Crippen LogP contribution >= 0.6 is 0 Å². The summed E-state index contributed by atoms with van der Waals surface area (Å²) in [6.45, 7) is 5.98. The lowest BCUT2D eigenvalue weighted by molar-refractivity contribution is -0.128. The zero-order chi connectivity index (χ0) is 16.0. The highest BCUT2D eigenvalue weighted by atomic mass is 16.5. The highest BCUT2D eigenvalue weighted by Gasteiger charge is 2.28. The number of nitrogen functional groups attached to an aromatic ring is 1. The molecule has 4 N–H and O–H groups in total. The molecule has 116 valence electrons. The van der Waals surface area contributed by atoms with Crippen molar-refractivity contribution in [1.82, 2.24) is 10.6 Å². The molecule has 0 saturated heterocycles. The van der Waals surface area contributed by atoms with Gasteiger partial charge in [0.25, 0.3) is 5.91 Å². The molecule has 0 heterocycles. The lowest BCUT2D eigenvalue weighted by atomic mass is 9.92. The van der Waals surface area contributed by atoms with Crippen molar-refractivity contribution in [3.63, 3.8) is 0 Å². The summed E-state index contributed by atoms with van der Waals surface area (Å²) >= 11 is 0. The standard InChI is InChI=1S/C15H23N3O3/c1-5-21-11-8-6-7-10(16)12(11)13(19)18-9-15(2,3)14(20)17-4/h6-8H,5,9,16H2,1-4H3,(H,17,20)(H,18,19). The first-order valence-corrected chi connectivity index (χ1v) is 6.85. The quantitative estimate of drug-likeness (QED) is 0.686. The van der Waals surface area contributed by atoms with Gasteiger partial charge in [-0.1, -0.05) is 6.07 Å². The largest absolute Gasteiger partial charge is 0.493 e. The number of carbonyl (C=O) groups excluding carboxylic acids is 2. The molecule has 0 radical (unpaired) electrons. The van der Waals surface area contributed by atoms with Crippen LogP contribution < -0.4 is 21.1 Å². The molecule has 6 heteroatoms. The smallest absolute Gasteiger partial charge is 0.257 e. The van der Waals surface area contributed by atoms with Gasteiger partial charge in [0.15, 0.2) is 0 Å². The number of carbonyl (C=O) groups is 2. The maximum absolute atomic E-state index is 12.3. The zero-order valence-electron chi connectivity index (χ0n) is 12.9. The molecule has 0 spiro atoms. The molecule has 6 nitrogen and oxygen atoms in total. The molecule has 0 saturated carbocycles. The Morgan fingerprint density at radius 3 is 2.57 bits per heavy atom. The molecule has 0 aromatic heterocycles. The first kappa shape index (κ1) is 16.8. The van der Waals surface area contributed by atoms with Crippen LogP contribution in [0.3, 0.4) is 0 Å². The number of hydrogen-bond donors (Lipinski definition) is 3. The molecule has 0 fully saturated rings. The number of benzene rings is 1. The van der Waals surface area contributed by atoms with E-state index in [4.69, 9.17) is 10.5 Å². The molecule has 1 aromatic carbocycles. The Labute approximate surface area is 125 Å². The van der Waals surface area contributed by atoms with Gasteiger partial charge in [0.1, 0.15) is 11.3 Å². The fraction of sp³-hybridized carbons (Fsp3) is 0.467. The fourth-order valence-corrected chi connectivity index (χ4v) is 1.88. The second-order valence-electron chi connectivity index (χ2n) is 5.30. The van der Waals surface area contributed by atoms with E-state index in [2.05, 4.69) is 10.6 Å². The average molecular weight is 293 g/mol. The number of nitrogens with one attached hydrogen (secondary N) is 2. The van der Waals surface area contributed by atoms with E-state index in [1.165, 1.54) is 0 Å². The Morgan fingerprint density at radius 1 is 1.33 bits per heavy atom. The Kier molecular flexibility index (Phi) is 5.58. The molecule has 0 aliphatic rings. The van der Waals surface area contributed by atoms with Gasteiger partial charge in [-0.3, -0.25) is 9.59 Å². The molecule has 0 bridgehead atoms. The van der Waals surface area contributed by atoms with Crippen molar-refractivity contribution in [1.29, 1.82) is 0 Å². The number of amides is 2. The predicted octanol–water partition coefficient (Wildman–Crippen LogP) is 1.17. The topological polar surface area (TPSA) is 93.4 Å². The van der Waals surface area contributed by atoms with Crippen LogP contribution in [0.15, 0.2) is 18.2 Å². The number of hydrogen-bond acceptors (Lipinski definition) is 4. The van der Waals surface area contributed by atoms with E-state index >= 15 is 0 Å². The number of anilines is 1. The minimum absolute atomic E-state index is 0.145. The molecular weight excluding hydrogens is 270 g/mol. The first-order chi connectivity index (χ1) is 9.83. The molecule has 2 amide bonds. The second-order valence-corrected chi connectivity index (χ2v) is 5.30. The minimum Gasteiger partial charge on any atom is -0.493 e. The molecule has 21 heavy (non-hydrogen) atoms. The molecule has 0 atom stereocenters. The average Bonchev–Trinajstić information content (AvgIpc) is 2.44. The van der Waals surface area contributed by atoms with E-state index in [-0.39, 0.29) is 18.4 Å².